The van der Waals surface area contributed by atoms with E-state index in [1.165, 1.54) is 19.3 Å². The summed E-state index contributed by atoms with van der Waals surface area (Å²) in [4.78, 5) is 6.74. The number of rotatable bonds is 2. The van der Waals surface area contributed by atoms with Crippen molar-refractivity contribution in [1.29, 1.82) is 5.26 Å². The summed E-state index contributed by atoms with van der Waals surface area (Å²) >= 11 is 0. The minimum atomic E-state index is 0.673. The summed E-state index contributed by atoms with van der Waals surface area (Å²) in [6, 6.07) is 14.4. The van der Waals surface area contributed by atoms with Crippen LogP contribution in [0.1, 0.15) is 24.8 Å². The summed E-state index contributed by atoms with van der Waals surface area (Å²) in [5.41, 5.74) is 3.73. The molecule has 3 nitrogen and oxygen atoms in total. The molecule has 1 aliphatic rings. The average Bonchev–Trinajstić information content (AvgIpc) is 2.56. The molecule has 0 spiro atoms. The molecule has 0 aliphatic carbocycles. The molecule has 3 rings (SSSR count). The Labute approximate surface area is 119 Å². The fourth-order valence-corrected chi connectivity index (χ4v) is 2.69. The molecule has 0 amide bonds. The van der Waals surface area contributed by atoms with Gasteiger partial charge in [0, 0.05) is 24.8 Å². The smallest absolute Gasteiger partial charge is 0.103 e. The number of nitrogens with zero attached hydrogens (tertiary/aromatic N) is 3. The zero-order valence-electron chi connectivity index (χ0n) is 11.4. The molecule has 1 aliphatic heterocycles. The van der Waals surface area contributed by atoms with Crippen LogP contribution < -0.4 is 4.90 Å². The third-order valence-electron chi connectivity index (χ3n) is 3.77. The van der Waals surface area contributed by atoms with Gasteiger partial charge in [0.25, 0.3) is 0 Å². The third kappa shape index (κ3) is 2.50. The third-order valence-corrected chi connectivity index (χ3v) is 3.77. The zero-order chi connectivity index (χ0) is 13.8. The topological polar surface area (TPSA) is 39.9 Å². The van der Waals surface area contributed by atoms with Crippen molar-refractivity contribution < 1.29 is 0 Å². The SMILES string of the molecule is N#Cc1cnc(-c2ccccc2)cc1N1CCCCC1. The zero-order valence-corrected chi connectivity index (χ0v) is 11.4. The molecule has 2 heterocycles. The maximum absolute atomic E-state index is 9.29. The molecule has 3 heteroatoms. The number of nitriles is 1. The molecule has 100 valence electrons. The molecule has 1 aromatic carbocycles. The standard InChI is InChI=1S/C17H17N3/c18-12-15-13-19-16(14-7-3-1-4-8-14)11-17(15)20-9-5-2-6-10-20/h1,3-4,7-8,11,13H,2,5-6,9-10H2. The van der Waals surface area contributed by atoms with Crippen LogP contribution in [0.2, 0.25) is 0 Å². The van der Waals surface area contributed by atoms with Gasteiger partial charge >= 0.3 is 0 Å². The van der Waals surface area contributed by atoms with Crippen molar-refractivity contribution in [2.75, 3.05) is 18.0 Å². The van der Waals surface area contributed by atoms with Crippen LogP contribution in [-0.4, -0.2) is 18.1 Å². The van der Waals surface area contributed by atoms with Crippen molar-refractivity contribution in [3.8, 4) is 17.3 Å². The van der Waals surface area contributed by atoms with E-state index in [4.69, 9.17) is 0 Å². The normalized spacial score (nSPS) is 14.8. The first-order valence-electron chi connectivity index (χ1n) is 7.09. The minimum absolute atomic E-state index is 0.673. The average molecular weight is 263 g/mol. The lowest BCUT2D eigenvalue weighted by Gasteiger charge is -2.29. The Morgan fingerprint density at radius 3 is 2.50 bits per heavy atom. The number of anilines is 1. The molecule has 0 bridgehead atoms. The number of hydrogen-bond acceptors (Lipinski definition) is 3. The Balaban J connectivity index is 2.01. The predicted molar refractivity (Wildman–Crippen MR) is 80.5 cm³/mol. The first-order chi connectivity index (χ1) is 9.88. The van der Waals surface area contributed by atoms with Crippen LogP contribution in [0.5, 0.6) is 0 Å². The first-order valence-corrected chi connectivity index (χ1v) is 7.09. The molecule has 0 atom stereocenters. The van der Waals surface area contributed by atoms with Crippen LogP contribution in [0.4, 0.5) is 5.69 Å². The van der Waals surface area contributed by atoms with E-state index in [9.17, 15) is 5.26 Å². The second kappa shape index (κ2) is 5.75. The van der Waals surface area contributed by atoms with Crippen LogP contribution in [0, 0.1) is 11.3 Å². The van der Waals surface area contributed by atoms with E-state index >= 15 is 0 Å². The second-order valence-corrected chi connectivity index (χ2v) is 5.11. The van der Waals surface area contributed by atoms with E-state index in [-0.39, 0.29) is 0 Å². The summed E-state index contributed by atoms with van der Waals surface area (Å²) < 4.78 is 0. The van der Waals surface area contributed by atoms with Gasteiger partial charge in [0.1, 0.15) is 6.07 Å². The maximum atomic E-state index is 9.29. The van der Waals surface area contributed by atoms with Crippen molar-refractivity contribution in [3.05, 3.63) is 48.2 Å². The lowest BCUT2D eigenvalue weighted by atomic mass is 10.1. The Bertz CT molecular complexity index is 622. The van der Waals surface area contributed by atoms with Gasteiger partial charge in [-0.1, -0.05) is 30.3 Å². The van der Waals surface area contributed by atoms with E-state index in [1.54, 1.807) is 6.20 Å². The Kier molecular flexibility index (Phi) is 3.64. The Hall–Kier alpha value is -2.34. The minimum Gasteiger partial charge on any atom is -0.370 e. The van der Waals surface area contributed by atoms with E-state index in [0.29, 0.717) is 5.56 Å². The number of pyridine rings is 1. The summed E-state index contributed by atoms with van der Waals surface area (Å²) in [5.74, 6) is 0. The highest BCUT2D eigenvalue weighted by Gasteiger charge is 2.16. The van der Waals surface area contributed by atoms with E-state index in [2.05, 4.69) is 22.0 Å². The maximum Gasteiger partial charge on any atom is 0.103 e. The molecule has 1 aromatic heterocycles. The largest absolute Gasteiger partial charge is 0.370 e. The number of piperidine rings is 1. The lowest BCUT2D eigenvalue weighted by molar-refractivity contribution is 0.577. The summed E-state index contributed by atoms with van der Waals surface area (Å²) in [6.45, 7) is 2.07. The lowest BCUT2D eigenvalue weighted by Crippen LogP contribution is -2.30. The molecule has 1 fully saturated rings. The van der Waals surface area contributed by atoms with Gasteiger partial charge in [0.2, 0.25) is 0 Å². The number of benzene rings is 1. The first kappa shape index (κ1) is 12.7. The molecule has 20 heavy (non-hydrogen) atoms. The van der Waals surface area contributed by atoms with Gasteiger partial charge in [-0.3, -0.25) is 4.98 Å². The molecule has 0 radical (unpaired) electrons. The van der Waals surface area contributed by atoms with Gasteiger partial charge in [-0.05, 0) is 25.3 Å². The molecular formula is C17H17N3. The van der Waals surface area contributed by atoms with E-state index in [1.807, 2.05) is 30.3 Å². The highest BCUT2D eigenvalue weighted by atomic mass is 15.1. The van der Waals surface area contributed by atoms with Crippen LogP contribution in [-0.2, 0) is 0 Å². The van der Waals surface area contributed by atoms with Gasteiger partial charge < -0.3 is 4.90 Å². The van der Waals surface area contributed by atoms with Crippen LogP contribution >= 0.6 is 0 Å². The van der Waals surface area contributed by atoms with E-state index in [0.717, 1.165) is 30.0 Å². The molecule has 0 unspecified atom stereocenters. The van der Waals surface area contributed by atoms with Gasteiger partial charge in [0.15, 0.2) is 0 Å². The van der Waals surface area contributed by atoms with Crippen molar-refractivity contribution in [2.45, 2.75) is 19.3 Å². The fourth-order valence-electron chi connectivity index (χ4n) is 2.69. The van der Waals surface area contributed by atoms with Crippen LogP contribution in [0.25, 0.3) is 11.3 Å². The molecule has 0 N–H and O–H groups in total. The van der Waals surface area contributed by atoms with Crippen molar-refractivity contribution in [2.24, 2.45) is 0 Å². The highest BCUT2D eigenvalue weighted by Crippen LogP contribution is 2.27. The van der Waals surface area contributed by atoms with Gasteiger partial charge in [-0.2, -0.15) is 5.26 Å². The number of hydrogen-bond donors (Lipinski definition) is 0. The summed E-state index contributed by atoms with van der Waals surface area (Å²) in [5, 5.41) is 9.29. The van der Waals surface area contributed by atoms with Gasteiger partial charge in [-0.15, -0.1) is 0 Å². The molecule has 0 saturated carbocycles. The van der Waals surface area contributed by atoms with Gasteiger partial charge in [-0.25, -0.2) is 0 Å². The Morgan fingerprint density at radius 1 is 1.05 bits per heavy atom. The van der Waals surface area contributed by atoms with Crippen LogP contribution in [0.15, 0.2) is 42.6 Å². The second-order valence-electron chi connectivity index (χ2n) is 5.11. The number of aromatic nitrogens is 1. The predicted octanol–water partition coefficient (Wildman–Crippen LogP) is 3.61. The van der Waals surface area contributed by atoms with Crippen LogP contribution in [0.3, 0.4) is 0 Å². The molecular weight excluding hydrogens is 246 g/mol. The monoisotopic (exact) mass is 263 g/mol. The Morgan fingerprint density at radius 2 is 1.80 bits per heavy atom. The highest BCUT2D eigenvalue weighted by molar-refractivity contribution is 5.69. The summed E-state index contributed by atoms with van der Waals surface area (Å²) in [7, 11) is 0. The summed E-state index contributed by atoms with van der Waals surface area (Å²) in [6.07, 6.45) is 5.39. The van der Waals surface area contributed by atoms with Gasteiger partial charge in [0.05, 0.1) is 16.9 Å². The molecule has 1 saturated heterocycles. The van der Waals surface area contributed by atoms with Crippen molar-refractivity contribution in [1.82, 2.24) is 4.98 Å². The van der Waals surface area contributed by atoms with E-state index < -0.39 is 0 Å². The van der Waals surface area contributed by atoms with Crippen molar-refractivity contribution >= 4 is 5.69 Å². The van der Waals surface area contributed by atoms with Crippen molar-refractivity contribution in [3.63, 3.8) is 0 Å². The quantitative estimate of drug-likeness (QED) is 0.831. The molecule has 2 aromatic rings. The fraction of sp³-hybridized carbons (Fsp3) is 0.294.